The summed E-state index contributed by atoms with van der Waals surface area (Å²) in [5.74, 6) is -1.40. The second-order valence-electron chi connectivity index (χ2n) is 9.02. The van der Waals surface area contributed by atoms with Gasteiger partial charge in [-0.1, -0.05) is 31.5 Å². The normalized spacial score (nSPS) is 18.0. The Labute approximate surface area is 214 Å². The van der Waals surface area contributed by atoms with E-state index in [-0.39, 0.29) is 22.3 Å². The lowest BCUT2D eigenvalue weighted by Crippen LogP contribution is -2.39. The summed E-state index contributed by atoms with van der Waals surface area (Å²) in [7, 11) is 0. The summed E-state index contributed by atoms with van der Waals surface area (Å²) in [5, 5.41) is 2.66. The molecule has 0 aliphatic carbocycles. The molecule has 1 N–H and O–H groups in total. The highest BCUT2D eigenvalue weighted by molar-refractivity contribution is 6.53. The van der Waals surface area contributed by atoms with Crippen molar-refractivity contribution in [3.8, 4) is 0 Å². The smallest absolute Gasteiger partial charge is 0.338 e. The Morgan fingerprint density at radius 3 is 2.53 bits per heavy atom. The van der Waals surface area contributed by atoms with E-state index in [1.54, 1.807) is 24.3 Å². The number of piperidine rings is 1. The molecule has 2 aromatic rings. The van der Waals surface area contributed by atoms with Gasteiger partial charge in [0.15, 0.2) is 0 Å². The number of nitrogens with one attached hydrogen (secondary N) is 1. The second-order valence-corrected chi connectivity index (χ2v) is 9.40. The van der Waals surface area contributed by atoms with Gasteiger partial charge < -0.3 is 15.0 Å². The van der Waals surface area contributed by atoms with Crippen LogP contribution in [0.3, 0.4) is 0 Å². The molecule has 9 heteroatoms. The van der Waals surface area contributed by atoms with Crippen molar-refractivity contribution in [2.45, 2.75) is 33.1 Å². The zero-order valence-corrected chi connectivity index (χ0v) is 21.0. The number of carbonyl (C=O) groups is 4. The van der Waals surface area contributed by atoms with Gasteiger partial charge in [-0.2, -0.15) is 0 Å². The topological polar surface area (TPSA) is 96.0 Å². The Kier molecular flexibility index (Phi) is 7.74. The number of rotatable bonds is 7. The second kappa shape index (κ2) is 11.0. The maximum atomic E-state index is 13.1. The van der Waals surface area contributed by atoms with Crippen LogP contribution in [0.25, 0.3) is 0 Å². The third kappa shape index (κ3) is 5.28. The number of esters is 1. The molecule has 188 valence electrons. The maximum absolute atomic E-state index is 13.1. The van der Waals surface area contributed by atoms with E-state index in [4.69, 9.17) is 16.3 Å². The first-order valence-corrected chi connectivity index (χ1v) is 12.4. The van der Waals surface area contributed by atoms with Gasteiger partial charge in [0.2, 0.25) is 0 Å². The number of hydrogen-bond donors (Lipinski definition) is 1. The van der Waals surface area contributed by atoms with Crippen molar-refractivity contribution in [2.24, 2.45) is 5.92 Å². The number of benzene rings is 2. The molecule has 2 aliphatic rings. The predicted octanol–water partition coefficient (Wildman–Crippen LogP) is 4.56. The summed E-state index contributed by atoms with van der Waals surface area (Å²) < 4.78 is 5.10. The molecule has 1 atom stereocenters. The fraction of sp³-hybridized carbons (Fsp3) is 0.333. The molecule has 4 rings (SSSR count). The number of halogens is 1. The van der Waals surface area contributed by atoms with Gasteiger partial charge in [0.1, 0.15) is 10.7 Å². The summed E-state index contributed by atoms with van der Waals surface area (Å²) in [5.41, 5.74) is 1.47. The lowest BCUT2D eigenvalue weighted by Gasteiger charge is -2.31. The minimum atomic E-state index is -0.681. The number of anilines is 2. The SMILES string of the molecule is CCCOC(=O)c1ccc(N2C(=O)C(Cl)=C(Nc3cccc(C(=O)N4CCCC(C)C4)c3)C2=O)cc1. The van der Waals surface area contributed by atoms with Gasteiger partial charge in [0.25, 0.3) is 17.7 Å². The van der Waals surface area contributed by atoms with Crippen molar-refractivity contribution in [3.63, 3.8) is 0 Å². The van der Waals surface area contributed by atoms with Gasteiger partial charge in [-0.05, 0) is 67.6 Å². The van der Waals surface area contributed by atoms with E-state index >= 15 is 0 Å². The van der Waals surface area contributed by atoms with Crippen LogP contribution in [0, 0.1) is 5.92 Å². The zero-order chi connectivity index (χ0) is 25.8. The molecule has 2 heterocycles. The van der Waals surface area contributed by atoms with Crippen LogP contribution in [0.4, 0.5) is 11.4 Å². The molecule has 36 heavy (non-hydrogen) atoms. The van der Waals surface area contributed by atoms with Crippen molar-refractivity contribution in [3.05, 3.63) is 70.4 Å². The van der Waals surface area contributed by atoms with Crippen LogP contribution in [0.2, 0.25) is 0 Å². The lowest BCUT2D eigenvalue weighted by atomic mass is 9.99. The number of hydrogen-bond acceptors (Lipinski definition) is 6. The Morgan fingerprint density at radius 2 is 1.83 bits per heavy atom. The van der Waals surface area contributed by atoms with E-state index < -0.39 is 17.8 Å². The molecule has 1 saturated heterocycles. The minimum Gasteiger partial charge on any atom is -0.462 e. The Balaban J connectivity index is 1.49. The maximum Gasteiger partial charge on any atom is 0.338 e. The van der Waals surface area contributed by atoms with Crippen LogP contribution >= 0.6 is 11.6 Å². The summed E-state index contributed by atoms with van der Waals surface area (Å²) in [6.07, 6.45) is 2.78. The van der Waals surface area contributed by atoms with Crippen LogP contribution in [0.15, 0.2) is 59.3 Å². The van der Waals surface area contributed by atoms with Crippen molar-refractivity contribution in [1.29, 1.82) is 0 Å². The summed E-state index contributed by atoms with van der Waals surface area (Å²) in [6.45, 7) is 5.76. The van der Waals surface area contributed by atoms with E-state index in [9.17, 15) is 19.2 Å². The quantitative estimate of drug-likeness (QED) is 0.434. The number of carbonyl (C=O) groups excluding carboxylic acids is 4. The fourth-order valence-electron chi connectivity index (χ4n) is 4.30. The number of amides is 3. The number of likely N-dealkylation sites (tertiary alicyclic amines) is 1. The van der Waals surface area contributed by atoms with Crippen LogP contribution in [-0.2, 0) is 14.3 Å². The van der Waals surface area contributed by atoms with Crippen LogP contribution < -0.4 is 10.2 Å². The van der Waals surface area contributed by atoms with Crippen LogP contribution in [0.5, 0.6) is 0 Å². The van der Waals surface area contributed by atoms with E-state index in [1.165, 1.54) is 24.3 Å². The van der Waals surface area contributed by atoms with Gasteiger partial charge in [0, 0.05) is 24.3 Å². The third-order valence-electron chi connectivity index (χ3n) is 6.15. The molecule has 2 aliphatic heterocycles. The van der Waals surface area contributed by atoms with Crippen molar-refractivity contribution >= 4 is 46.7 Å². The molecule has 0 spiro atoms. The van der Waals surface area contributed by atoms with Crippen molar-refractivity contribution in [2.75, 3.05) is 29.9 Å². The Hall–Kier alpha value is -3.65. The average molecular weight is 510 g/mol. The summed E-state index contributed by atoms with van der Waals surface area (Å²) in [6, 6.07) is 12.7. The first kappa shape index (κ1) is 25.4. The molecule has 0 bridgehead atoms. The highest BCUT2D eigenvalue weighted by atomic mass is 35.5. The Bertz CT molecular complexity index is 1220. The van der Waals surface area contributed by atoms with E-state index in [1.807, 2.05) is 11.8 Å². The molecular formula is C27H28ClN3O5. The minimum absolute atomic E-state index is 0.0710. The predicted molar refractivity (Wildman–Crippen MR) is 137 cm³/mol. The monoisotopic (exact) mass is 509 g/mol. The van der Waals surface area contributed by atoms with Gasteiger partial charge >= 0.3 is 5.97 Å². The van der Waals surface area contributed by atoms with Crippen LogP contribution in [0.1, 0.15) is 53.8 Å². The van der Waals surface area contributed by atoms with Gasteiger partial charge in [-0.25, -0.2) is 9.69 Å². The first-order valence-electron chi connectivity index (χ1n) is 12.0. The largest absolute Gasteiger partial charge is 0.462 e. The van der Waals surface area contributed by atoms with Gasteiger partial charge in [0.05, 0.1) is 17.9 Å². The molecule has 2 aromatic carbocycles. The van der Waals surface area contributed by atoms with Gasteiger partial charge in [-0.3, -0.25) is 14.4 Å². The number of nitrogens with zero attached hydrogens (tertiary/aromatic N) is 2. The summed E-state index contributed by atoms with van der Waals surface area (Å²) >= 11 is 6.25. The fourth-order valence-corrected chi connectivity index (χ4v) is 4.51. The summed E-state index contributed by atoms with van der Waals surface area (Å²) in [4.78, 5) is 53.7. The highest BCUT2D eigenvalue weighted by Gasteiger charge is 2.39. The molecule has 0 saturated carbocycles. The van der Waals surface area contributed by atoms with E-state index in [2.05, 4.69) is 12.2 Å². The highest BCUT2D eigenvalue weighted by Crippen LogP contribution is 2.31. The molecule has 1 fully saturated rings. The van der Waals surface area contributed by atoms with Crippen molar-refractivity contribution in [1.82, 2.24) is 4.90 Å². The molecule has 0 radical (unpaired) electrons. The molecule has 8 nitrogen and oxygen atoms in total. The van der Waals surface area contributed by atoms with Crippen LogP contribution in [-0.4, -0.2) is 48.3 Å². The molecule has 3 amide bonds. The van der Waals surface area contributed by atoms with E-state index in [0.29, 0.717) is 42.3 Å². The van der Waals surface area contributed by atoms with E-state index in [0.717, 1.165) is 24.3 Å². The van der Waals surface area contributed by atoms with Crippen molar-refractivity contribution < 1.29 is 23.9 Å². The molecule has 1 unspecified atom stereocenters. The van der Waals surface area contributed by atoms with Gasteiger partial charge in [-0.15, -0.1) is 0 Å². The zero-order valence-electron chi connectivity index (χ0n) is 20.3. The standard InChI is InChI=1S/C27H28ClN3O5/c1-3-14-36-27(35)18-9-11-21(12-10-18)31-25(33)22(28)23(26(31)34)29-20-8-4-7-19(15-20)24(32)30-13-5-6-17(2)16-30/h4,7-12,15,17,29H,3,5-6,13-14,16H2,1-2H3. The first-order chi connectivity index (χ1) is 17.3. The third-order valence-corrected chi connectivity index (χ3v) is 6.50. The number of ether oxygens (including phenoxy) is 1. The average Bonchev–Trinajstić information content (AvgIpc) is 3.10. The molecular weight excluding hydrogens is 482 g/mol. The Morgan fingerprint density at radius 1 is 1.08 bits per heavy atom. The molecule has 0 aromatic heterocycles. The lowest BCUT2D eigenvalue weighted by molar-refractivity contribution is -0.120. The number of imide groups is 1.